The summed E-state index contributed by atoms with van der Waals surface area (Å²) in [7, 11) is 0. The average Bonchev–Trinajstić information content (AvgIpc) is 2.66. The predicted molar refractivity (Wildman–Crippen MR) is 79.9 cm³/mol. The molecule has 0 amide bonds. The van der Waals surface area contributed by atoms with Crippen LogP contribution >= 0.6 is 0 Å². The van der Waals surface area contributed by atoms with E-state index in [2.05, 4.69) is 29.2 Å². The Morgan fingerprint density at radius 1 is 0.950 bits per heavy atom. The molecule has 3 heteroatoms. The van der Waals surface area contributed by atoms with Crippen molar-refractivity contribution in [2.45, 2.75) is 19.4 Å². The maximum absolute atomic E-state index is 13.9. The minimum absolute atomic E-state index is 0.202. The van der Waals surface area contributed by atoms with Gasteiger partial charge in [-0.3, -0.25) is 4.90 Å². The van der Waals surface area contributed by atoms with E-state index < -0.39 is 0 Å². The van der Waals surface area contributed by atoms with Gasteiger partial charge in [0.15, 0.2) is 0 Å². The van der Waals surface area contributed by atoms with Crippen molar-refractivity contribution in [2.75, 3.05) is 18.8 Å². The molecule has 2 aromatic carbocycles. The van der Waals surface area contributed by atoms with Crippen LogP contribution in [0.25, 0.3) is 0 Å². The fourth-order valence-corrected chi connectivity index (χ4v) is 2.84. The first kappa shape index (κ1) is 13.1. The molecule has 0 aliphatic carbocycles. The van der Waals surface area contributed by atoms with Crippen LogP contribution in [0.15, 0.2) is 42.5 Å². The van der Waals surface area contributed by atoms with Crippen LogP contribution in [-0.2, 0) is 19.4 Å². The lowest BCUT2D eigenvalue weighted by atomic mass is 10.0. The summed E-state index contributed by atoms with van der Waals surface area (Å²) >= 11 is 0. The van der Waals surface area contributed by atoms with Gasteiger partial charge in [-0.25, -0.2) is 4.39 Å². The Hall–Kier alpha value is -1.87. The van der Waals surface area contributed by atoms with E-state index >= 15 is 0 Å². The second-order valence-electron chi connectivity index (χ2n) is 5.35. The van der Waals surface area contributed by atoms with Gasteiger partial charge in [0, 0.05) is 30.9 Å². The van der Waals surface area contributed by atoms with E-state index in [4.69, 9.17) is 5.73 Å². The van der Waals surface area contributed by atoms with Gasteiger partial charge >= 0.3 is 0 Å². The highest BCUT2D eigenvalue weighted by Gasteiger charge is 2.16. The van der Waals surface area contributed by atoms with Gasteiger partial charge in [0.25, 0.3) is 0 Å². The molecule has 2 nitrogen and oxygen atoms in total. The largest absolute Gasteiger partial charge is 0.398 e. The zero-order chi connectivity index (χ0) is 13.9. The van der Waals surface area contributed by atoms with Crippen LogP contribution in [0.3, 0.4) is 0 Å². The topological polar surface area (TPSA) is 29.3 Å². The van der Waals surface area contributed by atoms with Gasteiger partial charge in [-0.05, 0) is 36.1 Å². The Labute approximate surface area is 119 Å². The third kappa shape index (κ3) is 2.68. The lowest BCUT2D eigenvalue weighted by Crippen LogP contribution is -2.26. The van der Waals surface area contributed by atoms with Crippen LogP contribution in [0, 0.1) is 5.82 Å². The third-order valence-electron chi connectivity index (χ3n) is 4.05. The minimum Gasteiger partial charge on any atom is -0.398 e. The van der Waals surface area contributed by atoms with Gasteiger partial charge < -0.3 is 5.73 Å². The molecule has 0 spiro atoms. The second kappa shape index (κ2) is 5.63. The lowest BCUT2D eigenvalue weighted by Gasteiger charge is -2.21. The fourth-order valence-electron chi connectivity index (χ4n) is 2.84. The highest BCUT2D eigenvalue weighted by molar-refractivity contribution is 5.47. The van der Waals surface area contributed by atoms with Gasteiger partial charge in [-0.1, -0.05) is 30.3 Å². The van der Waals surface area contributed by atoms with Gasteiger partial charge in [0.05, 0.1) is 0 Å². The molecule has 1 heterocycles. The van der Waals surface area contributed by atoms with Crippen molar-refractivity contribution in [1.29, 1.82) is 0 Å². The number of hydrogen-bond acceptors (Lipinski definition) is 2. The number of anilines is 1. The van der Waals surface area contributed by atoms with Crippen molar-refractivity contribution in [2.24, 2.45) is 0 Å². The summed E-state index contributed by atoms with van der Waals surface area (Å²) in [5.41, 5.74) is 9.89. The molecular formula is C17H19FN2. The van der Waals surface area contributed by atoms with Crippen LogP contribution in [0.5, 0.6) is 0 Å². The molecule has 0 fully saturated rings. The van der Waals surface area contributed by atoms with Crippen LogP contribution in [0.2, 0.25) is 0 Å². The van der Waals surface area contributed by atoms with Crippen molar-refractivity contribution >= 4 is 5.69 Å². The third-order valence-corrected chi connectivity index (χ3v) is 4.05. The highest BCUT2D eigenvalue weighted by atomic mass is 19.1. The van der Waals surface area contributed by atoms with E-state index in [1.807, 2.05) is 0 Å². The minimum atomic E-state index is -0.202. The highest BCUT2D eigenvalue weighted by Crippen LogP contribution is 2.21. The number of halogens is 1. The number of rotatable bonds is 2. The quantitative estimate of drug-likeness (QED) is 0.850. The van der Waals surface area contributed by atoms with E-state index in [-0.39, 0.29) is 5.82 Å². The molecule has 1 aliphatic rings. The Bertz CT molecular complexity index is 562. The number of nitrogen functional groups attached to an aromatic ring is 1. The predicted octanol–water partition coefficient (Wildman–Crippen LogP) is 3.01. The maximum Gasteiger partial charge on any atom is 0.129 e. The average molecular weight is 270 g/mol. The van der Waals surface area contributed by atoms with Crippen LogP contribution in [0.4, 0.5) is 10.1 Å². The van der Waals surface area contributed by atoms with E-state index in [0.717, 1.165) is 25.9 Å². The molecule has 2 aromatic rings. The fraction of sp³-hybridized carbons (Fsp3) is 0.294. The van der Waals surface area contributed by atoms with E-state index in [0.29, 0.717) is 17.8 Å². The SMILES string of the molecule is Nc1cccc(F)c1CN1CCc2ccccc2CC1. The first-order valence-electron chi connectivity index (χ1n) is 7.06. The molecular weight excluding hydrogens is 251 g/mol. The van der Waals surface area contributed by atoms with E-state index in [1.165, 1.54) is 17.2 Å². The van der Waals surface area contributed by atoms with Gasteiger partial charge in [0.2, 0.25) is 0 Å². The van der Waals surface area contributed by atoms with Gasteiger partial charge in [0.1, 0.15) is 5.82 Å². The zero-order valence-electron chi connectivity index (χ0n) is 11.5. The van der Waals surface area contributed by atoms with E-state index in [1.54, 1.807) is 12.1 Å². The molecule has 0 aromatic heterocycles. The molecule has 0 atom stereocenters. The van der Waals surface area contributed by atoms with Crippen LogP contribution in [-0.4, -0.2) is 18.0 Å². The molecule has 0 unspecified atom stereocenters. The number of hydrogen-bond donors (Lipinski definition) is 1. The molecule has 104 valence electrons. The summed E-state index contributed by atoms with van der Waals surface area (Å²) in [6, 6.07) is 13.5. The summed E-state index contributed by atoms with van der Waals surface area (Å²) < 4.78 is 13.9. The Kier molecular flexibility index (Phi) is 3.70. The molecule has 0 bridgehead atoms. The number of nitrogens with zero attached hydrogens (tertiary/aromatic N) is 1. The van der Waals surface area contributed by atoms with Crippen LogP contribution < -0.4 is 5.73 Å². The second-order valence-corrected chi connectivity index (χ2v) is 5.35. The normalized spacial score (nSPS) is 15.7. The molecule has 3 rings (SSSR count). The smallest absolute Gasteiger partial charge is 0.129 e. The lowest BCUT2D eigenvalue weighted by molar-refractivity contribution is 0.275. The van der Waals surface area contributed by atoms with Crippen molar-refractivity contribution in [3.05, 3.63) is 65.0 Å². The van der Waals surface area contributed by atoms with Gasteiger partial charge in [-0.2, -0.15) is 0 Å². The first-order chi connectivity index (χ1) is 9.74. The number of benzene rings is 2. The summed E-state index contributed by atoms with van der Waals surface area (Å²) in [6.07, 6.45) is 2.04. The molecule has 0 saturated heterocycles. The Morgan fingerprint density at radius 2 is 1.60 bits per heavy atom. The monoisotopic (exact) mass is 270 g/mol. The Morgan fingerprint density at radius 3 is 2.20 bits per heavy atom. The van der Waals surface area contributed by atoms with Crippen molar-refractivity contribution in [1.82, 2.24) is 4.90 Å². The Balaban J connectivity index is 1.75. The summed E-state index contributed by atoms with van der Waals surface area (Å²) in [4.78, 5) is 2.29. The van der Waals surface area contributed by atoms with Crippen molar-refractivity contribution < 1.29 is 4.39 Å². The molecule has 1 aliphatic heterocycles. The molecule has 0 radical (unpaired) electrons. The van der Waals surface area contributed by atoms with Crippen molar-refractivity contribution in [3.63, 3.8) is 0 Å². The summed E-state index contributed by atoms with van der Waals surface area (Å²) in [6.45, 7) is 2.49. The first-order valence-corrected chi connectivity index (χ1v) is 7.06. The van der Waals surface area contributed by atoms with Gasteiger partial charge in [-0.15, -0.1) is 0 Å². The number of fused-ring (bicyclic) bond motifs is 1. The molecule has 0 saturated carbocycles. The zero-order valence-corrected chi connectivity index (χ0v) is 11.5. The summed E-state index contributed by atoms with van der Waals surface area (Å²) in [5.74, 6) is -0.202. The molecule has 2 N–H and O–H groups in total. The number of nitrogens with two attached hydrogens (primary N) is 1. The maximum atomic E-state index is 13.9. The molecule has 20 heavy (non-hydrogen) atoms. The van der Waals surface area contributed by atoms with E-state index in [9.17, 15) is 4.39 Å². The standard InChI is InChI=1S/C17H19FN2/c18-16-6-3-7-17(19)15(16)12-20-10-8-13-4-1-2-5-14(13)9-11-20/h1-7H,8-12,19H2. The van der Waals surface area contributed by atoms with Crippen LogP contribution in [0.1, 0.15) is 16.7 Å². The van der Waals surface area contributed by atoms with Crippen molar-refractivity contribution in [3.8, 4) is 0 Å². The summed E-state index contributed by atoms with van der Waals surface area (Å²) in [5, 5.41) is 0.